The van der Waals surface area contributed by atoms with Crippen LogP contribution in [-0.2, 0) is 4.79 Å². The van der Waals surface area contributed by atoms with E-state index in [0.717, 1.165) is 6.07 Å². The van der Waals surface area contributed by atoms with Crippen LogP contribution in [0.2, 0.25) is 0 Å². The van der Waals surface area contributed by atoms with Crippen molar-refractivity contribution in [2.45, 2.75) is 25.8 Å². The molecule has 1 amide bonds. The highest BCUT2D eigenvalue weighted by Crippen LogP contribution is 2.32. The lowest BCUT2D eigenvalue weighted by molar-refractivity contribution is -0.123. The van der Waals surface area contributed by atoms with Crippen molar-refractivity contribution in [2.24, 2.45) is 0 Å². The van der Waals surface area contributed by atoms with E-state index < -0.39 is 11.4 Å². The van der Waals surface area contributed by atoms with Crippen LogP contribution in [0.3, 0.4) is 0 Å². The highest BCUT2D eigenvalue weighted by molar-refractivity contribution is 7.80. The Morgan fingerprint density at radius 3 is 2.68 bits per heavy atom. The van der Waals surface area contributed by atoms with Gasteiger partial charge in [0.25, 0.3) is 5.91 Å². The molecule has 0 atom stereocenters. The minimum absolute atomic E-state index is 0.00508. The lowest BCUT2D eigenvalue weighted by Gasteiger charge is -2.29. The molecule has 0 radical (unpaired) electrons. The summed E-state index contributed by atoms with van der Waals surface area (Å²) >= 11 is 5.35. The van der Waals surface area contributed by atoms with Crippen LogP contribution in [0.4, 0.5) is 10.1 Å². The number of anilines is 1. The lowest BCUT2D eigenvalue weighted by Crippen LogP contribution is -2.44. The molecule has 0 aliphatic carbocycles. The van der Waals surface area contributed by atoms with E-state index in [4.69, 9.17) is 22.6 Å². The Balaban J connectivity index is 2.40. The van der Waals surface area contributed by atoms with E-state index in [1.807, 2.05) is 0 Å². The number of hydrogen-bond acceptors (Lipinski definition) is 4. The van der Waals surface area contributed by atoms with Crippen molar-refractivity contribution in [3.63, 3.8) is 0 Å². The smallest absolute Gasteiger partial charge is 0.258 e. The van der Waals surface area contributed by atoms with Gasteiger partial charge in [-0.3, -0.25) is 9.69 Å². The zero-order valence-electron chi connectivity index (χ0n) is 12.3. The van der Waals surface area contributed by atoms with Crippen LogP contribution < -0.4 is 4.90 Å². The van der Waals surface area contributed by atoms with Crippen LogP contribution >= 0.6 is 12.2 Å². The lowest BCUT2D eigenvalue weighted by atomic mass is 10.0. The second-order valence-electron chi connectivity index (χ2n) is 5.49. The zero-order valence-corrected chi connectivity index (χ0v) is 13.2. The minimum Gasteiger partial charge on any atom is -0.396 e. The molecular formula is C15H16FN3O2S. The molecule has 1 aliphatic heterocycles. The fourth-order valence-electron chi connectivity index (χ4n) is 2.40. The van der Waals surface area contributed by atoms with Gasteiger partial charge in [-0.05, 0) is 50.7 Å². The van der Waals surface area contributed by atoms with E-state index in [9.17, 15) is 9.18 Å². The number of benzene rings is 1. The molecule has 5 nitrogen and oxygen atoms in total. The van der Waals surface area contributed by atoms with Crippen LogP contribution in [0.1, 0.15) is 25.8 Å². The number of nitriles is 1. The van der Waals surface area contributed by atoms with E-state index >= 15 is 0 Å². The molecule has 22 heavy (non-hydrogen) atoms. The van der Waals surface area contributed by atoms with Crippen molar-refractivity contribution in [1.82, 2.24) is 4.90 Å². The van der Waals surface area contributed by atoms with Crippen molar-refractivity contribution >= 4 is 28.9 Å². The first-order valence-corrected chi connectivity index (χ1v) is 7.22. The summed E-state index contributed by atoms with van der Waals surface area (Å²) in [5.74, 6) is -0.957. The fourth-order valence-corrected chi connectivity index (χ4v) is 2.91. The molecule has 1 aromatic carbocycles. The van der Waals surface area contributed by atoms with Gasteiger partial charge in [0.2, 0.25) is 0 Å². The summed E-state index contributed by atoms with van der Waals surface area (Å²) in [6.45, 7) is 3.90. The summed E-state index contributed by atoms with van der Waals surface area (Å²) in [6.07, 6.45) is 0.479. The Bertz CT molecular complexity index is 669. The fraction of sp³-hybridized carbons (Fsp3) is 0.400. The molecule has 1 heterocycles. The number of thiocarbonyl (C=S) groups is 1. The third-order valence-corrected chi connectivity index (χ3v) is 4.10. The molecule has 0 unspecified atom stereocenters. The van der Waals surface area contributed by atoms with Crippen molar-refractivity contribution in [1.29, 1.82) is 5.26 Å². The largest absolute Gasteiger partial charge is 0.396 e. The molecular weight excluding hydrogens is 305 g/mol. The molecule has 1 N–H and O–H groups in total. The van der Waals surface area contributed by atoms with Gasteiger partial charge in [0.1, 0.15) is 17.4 Å². The van der Waals surface area contributed by atoms with Gasteiger partial charge in [-0.1, -0.05) is 0 Å². The van der Waals surface area contributed by atoms with Gasteiger partial charge >= 0.3 is 0 Å². The first-order valence-electron chi connectivity index (χ1n) is 6.81. The molecule has 0 bridgehead atoms. The van der Waals surface area contributed by atoms with Gasteiger partial charge < -0.3 is 10.0 Å². The van der Waals surface area contributed by atoms with Crippen LogP contribution in [0.25, 0.3) is 0 Å². The predicted molar refractivity (Wildman–Crippen MR) is 83.7 cm³/mol. The van der Waals surface area contributed by atoms with Gasteiger partial charge in [-0.25, -0.2) is 4.39 Å². The summed E-state index contributed by atoms with van der Waals surface area (Å²) in [6, 6.07) is 5.69. The second kappa shape index (κ2) is 5.99. The van der Waals surface area contributed by atoms with Crippen molar-refractivity contribution in [2.75, 3.05) is 18.1 Å². The Morgan fingerprint density at radius 1 is 1.45 bits per heavy atom. The molecule has 0 aromatic heterocycles. The third-order valence-electron chi connectivity index (χ3n) is 3.69. The number of rotatable bonds is 4. The van der Waals surface area contributed by atoms with Crippen LogP contribution in [0.5, 0.6) is 0 Å². The molecule has 7 heteroatoms. The number of carbonyl (C=O) groups is 1. The van der Waals surface area contributed by atoms with Gasteiger partial charge in [0.15, 0.2) is 5.11 Å². The average molecular weight is 321 g/mol. The highest BCUT2D eigenvalue weighted by atomic mass is 32.1. The van der Waals surface area contributed by atoms with Crippen LogP contribution in [0, 0.1) is 17.1 Å². The summed E-state index contributed by atoms with van der Waals surface area (Å²) in [7, 11) is 0. The Hall–Kier alpha value is -2.04. The Labute approximate surface area is 133 Å². The number of nitrogens with zero attached hydrogens (tertiary/aromatic N) is 3. The van der Waals surface area contributed by atoms with E-state index in [2.05, 4.69) is 0 Å². The predicted octanol–water partition coefficient (Wildman–Crippen LogP) is 1.79. The van der Waals surface area contributed by atoms with Crippen LogP contribution in [0.15, 0.2) is 18.2 Å². The van der Waals surface area contributed by atoms with E-state index in [-0.39, 0.29) is 23.2 Å². The maximum Gasteiger partial charge on any atom is 0.258 e. The maximum atomic E-state index is 13.8. The number of amides is 1. The molecule has 1 fully saturated rings. The van der Waals surface area contributed by atoms with Crippen molar-refractivity contribution in [3.8, 4) is 6.07 Å². The molecule has 1 aliphatic rings. The van der Waals surface area contributed by atoms with Crippen LogP contribution in [-0.4, -0.2) is 39.7 Å². The molecule has 116 valence electrons. The molecule has 2 rings (SSSR count). The van der Waals surface area contributed by atoms with Crippen molar-refractivity contribution in [3.05, 3.63) is 29.6 Å². The topological polar surface area (TPSA) is 67.6 Å². The number of carbonyl (C=O) groups excluding carboxylic acids is 1. The quantitative estimate of drug-likeness (QED) is 0.857. The standard InChI is InChI=1S/C15H16FN3O2S/c1-15(2)13(21)19(14(22)18(15)6-3-7-20)11-5-4-10(9-17)12(16)8-11/h4-5,8,20H,3,6-7H2,1-2H3. The van der Waals surface area contributed by atoms with E-state index in [1.54, 1.807) is 24.8 Å². The summed E-state index contributed by atoms with van der Waals surface area (Å²) in [5.41, 5.74) is -0.653. The minimum atomic E-state index is -0.864. The first kappa shape index (κ1) is 16.3. The SMILES string of the molecule is CC1(C)C(=O)N(c2ccc(C#N)c(F)c2)C(=S)N1CCCO. The molecule has 0 spiro atoms. The molecule has 1 saturated heterocycles. The van der Waals surface area contributed by atoms with Gasteiger partial charge in [0.05, 0.1) is 11.3 Å². The van der Waals surface area contributed by atoms with Gasteiger partial charge in [0, 0.05) is 13.2 Å². The zero-order chi connectivity index (χ0) is 16.5. The second-order valence-corrected chi connectivity index (χ2v) is 5.85. The maximum absolute atomic E-state index is 13.8. The number of aliphatic hydroxyl groups excluding tert-OH is 1. The normalized spacial score (nSPS) is 17.0. The Morgan fingerprint density at radius 2 is 2.14 bits per heavy atom. The average Bonchev–Trinajstić information content (AvgIpc) is 2.63. The Kier molecular flexibility index (Phi) is 4.44. The molecule has 1 aromatic rings. The van der Waals surface area contributed by atoms with E-state index in [1.165, 1.54) is 17.0 Å². The van der Waals surface area contributed by atoms with Gasteiger partial charge in [-0.2, -0.15) is 5.26 Å². The van der Waals surface area contributed by atoms with Crippen molar-refractivity contribution < 1.29 is 14.3 Å². The third kappa shape index (κ3) is 2.56. The summed E-state index contributed by atoms with van der Waals surface area (Å²) in [4.78, 5) is 15.6. The van der Waals surface area contributed by atoms with Gasteiger partial charge in [-0.15, -0.1) is 0 Å². The molecule has 0 saturated carbocycles. The number of halogens is 1. The summed E-state index contributed by atoms with van der Waals surface area (Å²) < 4.78 is 13.8. The van der Waals surface area contributed by atoms with E-state index in [0.29, 0.717) is 18.7 Å². The first-order chi connectivity index (χ1) is 10.3. The monoisotopic (exact) mass is 321 g/mol. The highest BCUT2D eigenvalue weighted by Gasteiger charge is 2.49. The number of aliphatic hydroxyl groups is 1. The summed E-state index contributed by atoms with van der Waals surface area (Å²) in [5, 5.41) is 18.0. The number of hydrogen-bond donors (Lipinski definition) is 1.